The molecule has 0 aliphatic carbocycles. The van der Waals surface area contributed by atoms with E-state index < -0.39 is 0 Å². The molecule has 0 saturated carbocycles. The third kappa shape index (κ3) is 3.44. The van der Waals surface area contributed by atoms with Crippen molar-refractivity contribution < 1.29 is 9.21 Å². The molecule has 0 radical (unpaired) electrons. The van der Waals surface area contributed by atoms with Gasteiger partial charge >= 0.3 is 0 Å². The molecule has 3 aromatic rings. The van der Waals surface area contributed by atoms with E-state index in [0.717, 1.165) is 33.3 Å². The van der Waals surface area contributed by atoms with E-state index in [0.29, 0.717) is 11.5 Å². The van der Waals surface area contributed by atoms with Crippen LogP contribution in [0.5, 0.6) is 0 Å². The van der Waals surface area contributed by atoms with E-state index in [9.17, 15) is 4.79 Å². The summed E-state index contributed by atoms with van der Waals surface area (Å²) in [5.41, 5.74) is 3.96. The summed E-state index contributed by atoms with van der Waals surface area (Å²) in [6.45, 7) is 4.06. The Hall–Kier alpha value is -2.33. The highest BCUT2D eigenvalue weighted by Crippen LogP contribution is 2.26. The number of halogens is 1. The van der Waals surface area contributed by atoms with Crippen molar-refractivity contribution >= 4 is 27.5 Å². The molecule has 0 spiro atoms. The Morgan fingerprint density at radius 3 is 2.54 bits per heavy atom. The van der Waals surface area contributed by atoms with Crippen molar-refractivity contribution in [3.8, 4) is 11.3 Å². The van der Waals surface area contributed by atoms with Crippen molar-refractivity contribution in [3.05, 3.63) is 76.0 Å². The van der Waals surface area contributed by atoms with Gasteiger partial charge in [-0.15, -0.1) is 0 Å². The van der Waals surface area contributed by atoms with E-state index in [1.54, 1.807) is 6.07 Å². The standard InChI is InChI=1S/C20H18BrNO2/c1-3-14-6-4-5-13(2)19(14)22-20(23)18-12-11-17(24-18)15-7-9-16(21)10-8-15/h4-12H,3H2,1-2H3,(H,22,23). The van der Waals surface area contributed by atoms with Crippen molar-refractivity contribution in [2.45, 2.75) is 20.3 Å². The number of amides is 1. The minimum Gasteiger partial charge on any atom is -0.451 e. The fraction of sp³-hybridized carbons (Fsp3) is 0.150. The lowest BCUT2D eigenvalue weighted by molar-refractivity contribution is 0.0997. The van der Waals surface area contributed by atoms with Gasteiger partial charge in [0.2, 0.25) is 0 Å². The van der Waals surface area contributed by atoms with Crippen LogP contribution in [0.15, 0.2) is 63.5 Å². The average Bonchev–Trinajstić information content (AvgIpc) is 3.07. The number of carbonyl (C=O) groups is 1. The quantitative estimate of drug-likeness (QED) is 0.615. The summed E-state index contributed by atoms with van der Waals surface area (Å²) in [6, 6.07) is 17.3. The van der Waals surface area contributed by atoms with Crippen LogP contribution in [0.3, 0.4) is 0 Å². The highest BCUT2D eigenvalue weighted by molar-refractivity contribution is 9.10. The summed E-state index contributed by atoms with van der Waals surface area (Å²) in [6.07, 6.45) is 0.861. The number of carbonyl (C=O) groups excluding carboxylic acids is 1. The van der Waals surface area contributed by atoms with Crippen molar-refractivity contribution in [2.75, 3.05) is 5.32 Å². The van der Waals surface area contributed by atoms with E-state index in [1.807, 2.05) is 55.5 Å². The summed E-state index contributed by atoms with van der Waals surface area (Å²) in [7, 11) is 0. The minimum absolute atomic E-state index is 0.234. The van der Waals surface area contributed by atoms with Gasteiger partial charge in [-0.05, 0) is 48.7 Å². The van der Waals surface area contributed by atoms with Crippen LogP contribution in [-0.2, 0) is 6.42 Å². The molecule has 0 aliphatic heterocycles. The zero-order valence-corrected chi connectivity index (χ0v) is 15.2. The number of aryl methyl sites for hydroxylation is 2. The molecule has 1 heterocycles. The first-order valence-electron chi connectivity index (χ1n) is 7.84. The molecule has 0 bridgehead atoms. The van der Waals surface area contributed by atoms with E-state index >= 15 is 0 Å². The largest absolute Gasteiger partial charge is 0.451 e. The highest BCUT2D eigenvalue weighted by Gasteiger charge is 2.15. The van der Waals surface area contributed by atoms with Crippen LogP contribution in [0, 0.1) is 6.92 Å². The molecule has 0 fully saturated rings. The Morgan fingerprint density at radius 1 is 1.08 bits per heavy atom. The number of hydrogen-bond acceptors (Lipinski definition) is 2. The summed E-state index contributed by atoms with van der Waals surface area (Å²) < 4.78 is 6.73. The van der Waals surface area contributed by atoms with Crippen LogP contribution in [-0.4, -0.2) is 5.91 Å². The Labute approximate surface area is 149 Å². The first kappa shape index (κ1) is 16.5. The third-order valence-corrected chi connectivity index (χ3v) is 4.47. The van der Waals surface area contributed by atoms with Gasteiger partial charge in [-0.2, -0.15) is 0 Å². The van der Waals surface area contributed by atoms with Crippen LogP contribution in [0.1, 0.15) is 28.6 Å². The number of furan rings is 1. The molecule has 3 nitrogen and oxygen atoms in total. The third-order valence-electron chi connectivity index (χ3n) is 3.94. The molecule has 0 unspecified atom stereocenters. The summed E-state index contributed by atoms with van der Waals surface area (Å²) in [4.78, 5) is 12.5. The van der Waals surface area contributed by atoms with Crippen molar-refractivity contribution in [1.29, 1.82) is 0 Å². The molecular weight excluding hydrogens is 366 g/mol. The zero-order chi connectivity index (χ0) is 17.1. The number of hydrogen-bond donors (Lipinski definition) is 1. The number of nitrogens with one attached hydrogen (secondary N) is 1. The summed E-state index contributed by atoms with van der Waals surface area (Å²) in [5.74, 6) is 0.744. The highest BCUT2D eigenvalue weighted by atomic mass is 79.9. The lowest BCUT2D eigenvalue weighted by atomic mass is 10.1. The lowest BCUT2D eigenvalue weighted by Gasteiger charge is -2.11. The van der Waals surface area contributed by atoms with E-state index in [4.69, 9.17) is 4.42 Å². The van der Waals surface area contributed by atoms with E-state index in [-0.39, 0.29) is 5.91 Å². The maximum absolute atomic E-state index is 12.5. The van der Waals surface area contributed by atoms with Crippen LogP contribution >= 0.6 is 15.9 Å². The first-order chi connectivity index (χ1) is 11.6. The van der Waals surface area contributed by atoms with Gasteiger partial charge in [0.25, 0.3) is 5.91 Å². The lowest BCUT2D eigenvalue weighted by Crippen LogP contribution is -2.13. The number of anilines is 1. The van der Waals surface area contributed by atoms with Gasteiger partial charge in [-0.25, -0.2) is 0 Å². The normalized spacial score (nSPS) is 10.6. The van der Waals surface area contributed by atoms with Gasteiger partial charge in [0.15, 0.2) is 5.76 Å². The number of benzene rings is 2. The molecule has 3 rings (SSSR count). The zero-order valence-electron chi connectivity index (χ0n) is 13.6. The second kappa shape index (κ2) is 7.05. The van der Waals surface area contributed by atoms with Gasteiger partial charge in [-0.3, -0.25) is 4.79 Å². The van der Waals surface area contributed by atoms with Crippen LogP contribution in [0.25, 0.3) is 11.3 Å². The molecule has 24 heavy (non-hydrogen) atoms. The molecule has 1 aromatic heterocycles. The molecule has 0 atom stereocenters. The maximum atomic E-state index is 12.5. The van der Waals surface area contributed by atoms with Crippen LogP contribution < -0.4 is 5.32 Å². The van der Waals surface area contributed by atoms with Crippen molar-refractivity contribution in [1.82, 2.24) is 0 Å². The molecule has 0 saturated heterocycles. The Morgan fingerprint density at radius 2 is 1.83 bits per heavy atom. The number of para-hydroxylation sites is 1. The smallest absolute Gasteiger partial charge is 0.291 e. The van der Waals surface area contributed by atoms with Gasteiger partial charge in [0.05, 0.1) is 0 Å². The predicted octanol–water partition coefficient (Wildman–Crippen LogP) is 5.83. The second-order valence-electron chi connectivity index (χ2n) is 5.59. The predicted molar refractivity (Wildman–Crippen MR) is 100 cm³/mol. The van der Waals surface area contributed by atoms with Gasteiger partial charge < -0.3 is 9.73 Å². The molecule has 122 valence electrons. The molecule has 1 amide bonds. The monoisotopic (exact) mass is 383 g/mol. The van der Waals surface area contributed by atoms with Gasteiger partial charge in [0, 0.05) is 15.7 Å². The van der Waals surface area contributed by atoms with Crippen molar-refractivity contribution in [3.63, 3.8) is 0 Å². The Balaban J connectivity index is 1.83. The number of rotatable bonds is 4. The molecule has 0 aliphatic rings. The SMILES string of the molecule is CCc1cccc(C)c1NC(=O)c1ccc(-c2ccc(Br)cc2)o1. The van der Waals surface area contributed by atoms with E-state index in [2.05, 4.69) is 28.2 Å². The van der Waals surface area contributed by atoms with Crippen LogP contribution in [0.4, 0.5) is 5.69 Å². The van der Waals surface area contributed by atoms with Crippen molar-refractivity contribution in [2.24, 2.45) is 0 Å². The summed E-state index contributed by atoms with van der Waals surface area (Å²) in [5, 5.41) is 2.98. The van der Waals surface area contributed by atoms with Gasteiger partial charge in [-0.1, -0.05) is 53.2 Å². The Bertz CT molecular complexity index is 866. The Kier molecular flexibility index (Phi) is 4.86. The second-order valence-corrected chi connectivity index (χ2v) is 6.50. The fourth-order valence-electron chi connectivity index (χ4n) is 2.61. The molecule has 2 aromatic carbocycles. The topological polar surface area (TPSA) is 42.2 Å². The van der Waals surface area contributed by atoms with E-state index in [1.165, 1.54) is 0 Å². The van der Waals surface area contributed by atoms with Crippen LogP contribution in [0.2, 0.25) is 0 Å². The molecule has 1 N–H and O–H groups in total. The maximum Gasteiger partial charge on any atom is 0.291 e. The summed E-state index contributed by atoms with van der Waals surface area (Å²) >= 11 is 3.41. The fourth-order valence-corrected chi connectivity index (χ4v) is 2.87. The first-order valence-corrected chi connectivity index (χ1v) is 8.63. The van der Waals surface area contributed by atoms with Gasteiger partial charge in [0.1, 0.15) is 5.76 Å². The molecular formula is C20H18BrNO2. The average molecular weight is 384 g/mol. The molecule has 4 heteroatoms. The minimum atomic E-state index is -0.234.